The number of hydrogen-bond donors (Lipinski definition) is 1. The summed E-state index contributed by atoms with van der Waals surface area (Å²) >= 11 is 0. The minimum Gasteiger partial charge on any atom is -0.390 e. The van der Waals surface area contributed by atoms with E-state index in [2.05, 4.69) is 20.8 Å². The first kappa shape index (κ1) is 12.3. The summed E-state index contributed by atoms with van der Waals surface area (Å²) in [5.74, 6) is 0.316. The Morgan fingerprint density at radius 2 is 1.94 bits per heavy atom. The monoisotopic (exact) mass is 228 g/mol. The van der Waals surface area contributed by atoms with Crippen LogP contribution >= 0.6 is 0 Å². The van der Waals surface area contributed by atoms with Crippen LogP contribution in [0.5, 0.6) is 0 Å². The lowest BCUT2D eigenvalue weighted by Crippen LogP contribution is -2.50. The molecule has 0 aromatic heterocycles. The Hall–Kier alpha value is -0.120. The van der Waals surface area contributed by atoms with Crippen LogP contribution in [0, 0.1) is 5.92 Å². The molecule has 1 N–H and O–H groups in total. The van der Waals surface area contributed by atoms with Gasteiger partial charge in [-0.2, -0.15) is 0 Å². The summed E-state index contributed by atoms with van der Waals surface area (Å²) < 4.78 is 11.4. The highest BCUT2D eigenvalue weighted by molar-refractivity contribution is 4.90. The summed E-state index contributed by atoms with van der Waals surface area (Å²) in [6.45, 7) is 8.27. The molecule has 5 atom stereocenters. The fourth-order valence-corrected chi connectivity index (χ4v) is 3.16. The number of ether oxygens (including phenoxy) is 2. The van der Waals surface area contributed by atoms with Crippen LogP contribution in [0.1, 0.15) is 47.0 Å². The molecule has 0 bridgehead atoms. The Kier molecular flexibility index (Phi) is 3.30. The summed E-state index contributed by atoms with van der Waals surface area (Å²) in [6, 6.07) is 0. The molecule has 2 fully saturated rings. The second kappa shape index (κ2) is 4.28. The van der Waals surface area contributed by atoms with Crippen LogP contribution in [0.15, 0.2) is 0 Å². The highest BCUT2D eigenvalue weighted by atomic mass is 16.5. The maximum atomic E-state index is 10.1. The van der Waals surface area contributed by atoms with Crippen molar-refractivity contribution >= 4 is 0 Å². The van der Waals surface area contributed by atoms with Crippen LogP contribution in [-0.2, 0) is 9.47 Å². The van der Waals surface area contributed by atoms with Crippen molar-refractivity contribution in [2.24, 2.45) is 5.92 Å². The first-order chi connectivity index (χ1) is 7.37. The van der Waals surface area contributed by atoms with Gasteiger partial charge >= 0.3 is 0 Å². The van der Waals surface area contributed by atoms with E-state index in [-0.39, 0.29) is 17.8 Å². The Balaban J connectivity index is 1.91. The lowest BCUT2D eigenvalue weighted by Gasteiger charge is -2.45. The van der Waals surface area contributed by atoms with E-state index in [1.165, 1.54) is 0 Å². The van der Waals surface area contributed by atoms with Gasteiger partial charge in [-0.25, -0.2) is 0 Å². The van der Waals surface area contributed by atoms with Crippen molar-refractivity contribution in [2.45, 2.75) is 77.0 Å². The quantitative estimate of drug-likeness (QED) is 0.787. The van der Waals surface area contributed by atoms with Crippen molar-refractivity contribution in [1.82, 2.24) is 0 Å². The van der Waals surface area contributed by atoms with Gasteiger partial charge in [0, 0.05) is 0 Å². The molecule has 0 aromatic carbocycles. The predicted molar refractivity (Wildman–Crippen MR) is 62.3 cm³/mol. The van der Waals surface area contributed by atoms with Gasteiger partial charge in [0.1, 0.15) is 0 Å². The zero-order valence-corrected chi connectivity index (χ0v) is 10.8. The summed E-state index contributed by atoms with van der Waals surface area (Å²) in [5.41, 5.74) is -0.112. The molecule has 2 aliphatic rings. The Morgan fingerprint density at radius 1 is 1.31 bits per heavy atom. The Labute approximate surface area is 98.1 Å². The molecule has 2 aliphatic heterocycles. The van der Waals surface area contributed by atoms with Crippen molar-refractivity contribution in [3.63, 3.8) is 0 Å². The topological polar surface area (TPSA) is 38.7 Å². The van der Waals surface area contributed by atoms with E-state index >= 15 is 0 Å². The van der Waals surface area contributed by atoms with Gasteiger partial charge in [-0.3, -0.25) is 0 Å². The van der Waals surface area contributed by atoms with E-state index in [0.717, 1.165) is 19.3 Å². The van der Waals surface area contributed by atoms with Gasteiger partial charge in [0.15, 0.2) is 0 Å². The molecule has 2 rings (SSSR count). The van der Waals surface area contributed by atoms with E-state index in [1.54, 1.807) is 0 Å². The largest absolute Gasteiger partial charge is 0.390 e. The molecule has 0 amide bonds. The fraction of sp³-hybridized carbons (Fsp3) is 1.00. The molecule has 0 aromatic rings. The van der Waals surface area contributed by atoms with E-state index in [9.17, 15) is 5.11 Å². The lowest BCUT2D eigenvalue weighted by atomic mass is 9.79. The standard InChI is InChI=1S/C13H24O3/c1-8-5-11(15-8)6-10-7-13(3,4)16-9(2)12(10)14/h8-12,14H,5-7H2,1-4H3. The molecular weight excluding hydrogens is 204 g/mol. The second-order valence-electron chi connectivity index (χ2n) is 6.08. The van der Waals surface area contributed by atoms with Gasteiger partial charge in [-0.15, -0.1) is 0 Å². The maximum absolute atomic E-state index is 10.1. The Morgan fingerprint density at radius 3 is 2.50 bits per heavy atom. The number of aliphatic hydroxyl groups is 1. The van der Waals surface area contributed by atoms with Crippen molar-refractivity contribution in [1.29, 1.82) is 0 Å². The third kappa shape index (κ3) is 2.58. The average Bonchev–Trinajstić information content (AvgIpc) is 2.09. The number of aliphatic hydroxyl groups excluding tert-OH is 1. The normalized spacial score (nSPS) is 47.4. The summed E-state index contributed by atoms with van der Waals surface area (Å²) in [5, 5.41) is 10.1. The molecule has 0 saturated carbocycles. The average molecular weight is 228 g/mol. The minimum absolute atomic E-state index is 0.0637. The molecule has 5 unspecified atom stereocenters. The smallest absolute Gasteiger partial charge is 0.0829 e. The molecule has 2 saturated heterocycles. The minimum atomic E-state index is -0.340. The fourth-order valence-electron chi connectivity index (χ4n) is 3.16. The highest BCUT2D eigenvalue weighted by Gasteiger charge is 2.41. The first-order valence-electron chi connectivity index (χ1n) is 6.39. The zero-order chi connectivity index (χ0) is 11.9. The van der Waals surface area contributed by atoms with Crippen molar-refractivity contribution in [3.8, 4) is 0 Å². The number of rotatable bonds is 2. The van der Waals surface area contributed by atoms with E-state index in [0.29, 0.717) is 18.1 Å². The van der Waals surface area contributed by atoms with Crippen LogP contribution < -0.4 is 0 Å². The highest BCUT2D eigenvalue weighted by Crippen LogP contribution is 2.37. The molecule has 2 heterocycles. The van der Waals surface area contributed by atoms with Crippen molar-refractivity contribution in [2.75, 3.05) is 0 Å². The molecule has 3 heteroatoms. The van der Waals surface area contributed by atoms with E-state index < -0.39 is 0 Å². The van der Waals surface area contributed by atoms with Crippen molar-refractivity contribution in [3.05, 3.63) is 0 Å². The summed E-state index contributed by atoms with van der Waals surface area (Å²) in [4.78, 5) is 0. The maximum Gasteiger partial charge on any atom is 0.0829 e. The SMILES string of the molecule is CC1CC(CC2CC(C)(C)OC(C)C2O)O1. The molecule has 0 radical (unpaired) electrons. The molecule has 94 valence electrons. The van der Waals surface area contributed by atoms with E-state index in [1.807, 2.05) is 6.92 Å². The van der Waals surface area contributed by atoms with Gasteiger partial charge in [0.05, 0.1) is 30.0 Å². The third-order valence-electron chi connectivity index (χ3n) is 3.81. The zero-order valence-electron chi connectivity index (χ0n) is 10.8. The molecule has 16 heavy (non-hydrogen) atoms. The van der Waals surface area contributed by atoms with Crippen LogP contribution in [0.2, 0.25) is 0 Å². The molecule has 0 aliphatic carbocycles. The van der Waals surface area contributed by atoms with Crippen LogP contribution in [0.4, 0.5) is 0 Å². The second-order valence-corrected chi connectivity index (χ2v) is 6.08. The first-order valence-corrected chi connectivity index (χ1v) is 6.39. The Bertz CT molecular complexity index is 246. The van der Waals surface area contributed by atoms with Crippen LogP contribution in [-0.4, -0.2) is 35.1 Å². The van der Waals surface area contributed by atoms with Gasteiger partial charge in [-0.1, -0.05) is 0 Å². The van der Waals surface area contributed by atoms with Gasteiger partial charge in [0.2, 0.25) is 0 Å². The third-order valence-corrected chi connectivity index (χ3v) is 3.81. The molecule has 3 nitrogen and oxygen atoms in total. The van der Waals surface area contributed by atoms with Crippen molar-refractivity contribution < 1.29 is 14.6 Å². The van der Waals surface area contributed by atoms with Gasteiger partial charge in [0.25, 0.3) is 0 Å². The van der Waals surface area contributed by atoms with E-state index in [4.69, 9.17) is 9.47 Å². The van der Waals surface area contributed by atoms with Crippen LogP contribution in [0.25, 0.3) is 0 Å². The molecular formula is C13H24O3. The molecule has 0 spiro atoms. The van der Waals surface area contributed by atoms with Gasteiger partial charge < -0.3 is 14.6 Å². The van der Waals surface area contributed by atoms with Crippen LogP contribution in [0.3, 0.4) is 0 Å². The summed E-state index contributed by atoms with van der Waals surface area (Å²) in [7, 11) is 0. The summed E-state index contributed by atoms with van der Waals surface area (Å²) in [6.07, 6.45) is 3.40. The predicted octanol–water partition coefficient (Wildman–Crippen LogP) is 2.12. The number of hydrogen-bond acceptors (Lipinski definition) is 3. The lowest BCUT2D eigenvalue weighted by molar-refractivity contribution is -0.194. The van der Waals surface area contributed by atoms with Gasteiger partial charge in [-0.05, 0) is 52.9 Å².